The van der Waals surface area contributed by atoms with E-state index in [1.807, 2.05) is 6.07 Å². The fourth-order valence-electron chi connectivity index (χ4n) is 2.58. The fraction of sp³-hybridized carbons (Fsp3) is 0.688. The number of aromatic nitrogens is 1. The van der Waals surface area contributed by atoms with Crippen LogP contribution in [0.3, 0.4) is 0 Å². The Kier molecular flexibility index (Phi) is 6.06. The van der Waals surface area contributed by atoms with Gasteiger partial charge < -0.3 is 14.7 Å². The molecule has 0 spiro atoms. The van der Waals surface area contributed by atoms with E-state index in [1.54, 1.807) is 13.2 Å². The van der Waals surface area contributed by atoms with Gasteiger partial charge >= 0.3 is 0 Å². The minimum absolute atomic E-state index is 0.169. The molecule has 0 radical (unpaired) electrons. The lowest BCUT2D eigenvalue weighted by Crippen LogP contribution is -2.32. The molecule has 0 saturated heterocycles. The van der Waals surface area contributed by atoms with Gasteiger partial charge in [0, 0.05) is 27.2 Å². The van der Waals surface area contributed by atoms with E-state index in [0.717, 1.165) is 17.1 Å². The number of nitrogens with zero attached hydrogens (tertiary/aromatic N) is 3. The standard InChI is InChI=1S/C16H27N3O4S/c1-12-7-14(12)10-19(5-6-23-3)16-9-13(11-20)8-15(17-16)18(2)24(4,21)22/h8-9,12,14,20H,5-7,10-11H2,1-4H3/t12-,14+/m0/s1. The second-order valence-electron chi connectivity index (χ2n) is 6.49. The summed E-state index contributed by atoms with van der Waals surface area (Å²) < 4.78 is 29.9. The van der Waals surface area contributed by atoms with E-state index in [1.165, 1.54) is 13.5 Å². The van der Waals surface area contributed by atoms with Crippen molar-refractivity contribution in [2.75, 3.05) is 49.3 Å². The van der Waals surface area contributed by atoms with Crippen LogP contribution < -0.4 is 9.21 Å². The summed E-state index contributed by atoms with van der Waals surface area (Å²) in [6.45, 7) is 4.14. The Balaban J connectivity index is 2.33. The Morgan fingerprint density at radius 1 is 1.38 bits per heavy atom. The van der Waals surface area contributed by atoms with E-state index in [-0.39, 0.29) is 6.61 Å². The van der Waals surface area contributed by atoms with Gasteiger partial charge in [0.2, 0.25) is 10.0 Å². The Hall–Kier alpha value is -1.38. The van der Waals surface area contributed by atoms with E-state index in [4.69, 9.17) is 4.74 Å². The van der Waals surface area contributed by atoms with Crippen molar-refractivity contribution < 1.29 is 18.3 Å². The van der Waals surface area contributed by atoms with Crippen molar-refractivity contribution in [1.82, 2.24) is 4.98 Å². The molecule has 24 heavy (non-hydrogen) atoms. The minimum Gasteiger partial charge on any atom is -0.392 e. The molecule has 2 atom stereocenters. The predicted molar refractivity (Wildman–Crippen MR) is 94.8 cm³/mol. The zero-order valence-corrected chi connectivity index (χ0v) is 15.6. The van der Waals surface area contributed by atoms with Crippen molar-refractivity contribution in [2.45, 2.75) is 20.0 Å². The van der Waals surface area contributed by atoms with Crippen LogP contribution in [0.5, 0.6) is 0 Å². The lowest BCUT2D eigenvalue weighted by atomic mass is 10.2. The summed E-state index contributed by atoms with van der Waals surface area (Å²) in [7, 11) is -0.299. The number of hydrogen-bond donors (Lipinski definition) is 1. The predicted octanol–water partition coefficient (Wildman–Crippen LogP) is 1.08. The van der Waals surface area contributed by atoms with Crippen molar-refractivity contribution in [1.29, 1.82) is 0 Å². The van der Waals surface area contributed by atoms with Gasteiger partial charge in [-0.15, -0.1) is 0 Å². The van der Waals surface area contributed by atoms with Gasteiger partial charge in [-0.3, -0.25) is 4.31 Å². The quantitative estimate of drug-likeness (QED) is 0.712. The number of methoxy groups -OCH3 is 1. The number of hydrogen-bond acceptors (Lipinski definition) is 6. The highest BCUT2D eigenvalue weighted by atomic mass is 32.2. The van der Waals surface area contributed by atoms with Crippen molar-refractivity contribution in [3.63, 3.8) is 0 Å². The number of aliphatic hydroxyl groups is 1. The van der Waals surface area contributed by atoms with Gasteiger partial charge in [0.05, 0.1) is 19.5 Å². The first kappa shape index (κ1) is 19.0. The van der Waals surface area contributed by atoms with Crippen LogP contribution in [0.1, 0.15) is 18.9 Å². The molecule has 0 amide bonds. The summed E-state index contributed by atoms with van der Waals surface area (Å²) in [5.74, 6) is 2.31. The highest BCUT2D eigenvalue weighted by Crippen LogP contribution is 2.39. The van der Waals surface area contributed by atoms with E-state index < -0.39 is 10.0 Å². The van der Waals surface area contributed by atoms with Gasteiger partial charge in [-0.25, -0.2) is 13.4 Å². The Morgan fingerprint density at radius 3 is 2.50 bits per heavy atom. The summed E-state index contributed by atoms with van der Waals surface area (Å²) in [4.78, 5) is 6.62. The van der Waals surface area contributed by atoms with Crippen LogP contribution in [0.15, 0.2) is 12.1 Å². The molecular weight excluding hydrogens is 330 g/mol. The average molecular weight is 357 g/mol. The third kappa shape index (κ3) is 4.81. The molecule has 1 saturated carbocycles. The maximum atomic E-state index is 11.8. The maximum Gasteiger partial charge on any atom is 0.233 e. The molecular formula is C16H27N3O4S. The second-order valence-corrected chi connectivity index (χ2v) is 8.51. The van der Waals surface area contributed by atoms with Crippen LogP contribution >= 0.6 is 0 Å². The van der Waals surface area contributed by atoms with Crippen molar-refractivity contribution in [3.05, 3.63) is 17.7 Å². The highest BCUT2D eigenvalue weighted by molar-refractivity contribution is 7.92. The zero-order chi connectivity index (χ0) is 17.9. The molecule has 2 rings (SSSR count). The van der Waals surface area contributed by atoms with E-state index in [0.29, 0.717) is 42.2 Å². The number of sulfonamides is 1. The average Bonchev–Trinajstić information content (AvgIpc) is 3.24. The molecule has 0 bridgehead atoms. The monoisotopic (exact) mass is 357 g/mol. The summed E-state index contributed by atoms with van der Waals surface area (Å²) in [5.41, 5.74) is 0.636. The van der Waals surface area contributed by atoms with Crippen molar-refractivity contribution >= 4 is 21.7 Å². The van der Waals surface area contributed by atoms with Crippen molar-refractivity contribution in [2.24, 2.45) is 11.8 Å². The number of ether oxygens (including phenoxy) is 1. The normalized spacial score (nSPS) is 20.0. The first-order valence-corrected chi connectivity index (χ1v) is 9.90. The molecule has 1 aliphatic carbocycles. The first-order valence-electron chi connectivity index (χ1n) is 8.06. The fourth-order valence-corrected chi connectivity index (χ4v) is 3.01. The highest BCUT2D eigenvalue weighted by Gasteiger charge is 2.34. The Bertz CT molecular complexity index is 665. The van der Waals surface area contributed by atoms with Crippen LogP contribution in [-0.4, -0.2) is 58.6 Å². The van der Waals surface area contributed by atoms with E-state index in [2.05, 4.69) is 16.8 Å². The number of aliphatic hydroxyl groups excluding tert-OH is 1. The molecule has 0 aromatic carbocycles. The minimum atomic E-state index is -3.41. The summed E-state index contributed by atoms with van der Waals surface area (Å²) in [6, 6.07) is 3.40. The zero-order valence-electron chi connectivity index (χ0n) is 14.8. The molecule has 7 nitrogen and oxygen atoms in total. The molecule has 1 heterocycles. The topological polar surface area (TPSA) is 83.0 Å². The molecule has 8 heteroatoms. The van der Waals surface area contributed by atoms with Gasteiger partial charge in [0.1, 0.15) is 11.6 Å². The molecule has 136 valence electrons. The van der Waals surface area contributed by atoms with Gasteiger partial charge in [0.15, 0.2) is 0 Å². The molecule has 1 fully saturated rings. The largest absolute Gasteiger partial charge is 0.392 e. The summed E-state index contributed by atoms with van der Waals surface area (Å²) in [6.07, 6.45) is 2.33. The van der Waals surface area contributed by atoms with Crippen LogP contribution in [0.2, 0.25) is 0 Å². The van der Waals surface area contributed by atoms with Gasteiger partial charge in [0.25, 0.3) is 0 Å². The van der Waals surface area contributed by atoms with Crippen LogP contribution in [0.4, 0.5) is 11.6 Å². The Labute approximate surface area is 144 Å². The van der Waals surface area contributed by atoms with E-state index in [9.17, 15) is 13.5 Å². The van der Waals surface area contributed by atoms with E-state index >= 15 is 0 Å². The summed E-state index contributed by atoms with van der Waals surface area (Å²) >= 11 is 0. The SMILES string of the molecule is COCCN(C[C@H]1C[C@@H]1C)c1cc(CO)cc(N(C)S(C)(=O)=O)n1. The van der Waals surface area contributed by atoms with Gasteiger partial charge in [-0.05, 0) is 36.0 Å². The maximum absolute atomic E-state index is 11.8. The van der Waals surface area contributed by atoms with Crippen LogP contribution in [0, 0.1) is 11.8 Å². The lowest BCUT2D eigenvalue weighted by molar-refractivity contribution is 0.204. The third-order valence-corrected chi connectivity index (χ3v) is 5.66. The lowest BCUT2D eigenvalue weighted by Gasteiger charge is -2.26. The number of pyridine rings is 1. The molecule has 1 aromatic heterocycles. The number of anilines is 2. The van der Waals surface area contributed by atoms with Crippen LogP contribution in [-0.2, 0) is 21.4 Å². The van der Waals surface area contributed by atoms with Gasteiger partial charge in [-0.1, -0.05) is 6.92 Å². The molecule has 1 aromatic rings. The van der Waals surface area contributed by atoms with Gasteiger partial charge in [-0.2, -0.15) is 0 Å². The molecule has 1 N–H and O–H groups in total. The summed E-state index contributed by atoms with van der Waals surface area (Å²) in [5, 5.41) is 9.53. The molecule has 0 aliphatic heterocycles. The number of rotatable bonds is 9. The first-order chi connectivity index (χ1) is 11.3. The van der Waals surface area contributed by atoms with Crippen molar-refractivity contribution in [3.8, 4) is 0 Å². The molecule has 1 aliphatic rings. The third-order valence-electron chi connectivity index (χ3n) is 4.48. The second kappa shape index (κ2) is 7.67. The molecule has 0 unspecified atom stereocenters. The smallest absolute Gasteiger partial charge is 0.233 e. The van der Waals surface area contributed by atoms with Crippen LogP contribution in [0.25, 0.3) is 0 Å². The Morgan fingerprint density at radius 2 is 2.00 bits per heavy atom.